The molecule has 0 radical (unpaired) electrons. The number of carbonyl (C=O) groups excluding carboxylic acids is 1. The Morgan fingerprint density at radius 2 is 2.10 bits per heavy atom. The van der Waals surface area contributed by atoms with E-state index in [1.54, 1.807) is 44.7 Å². The Kier molecular flexibility index (Phi) is 5.51. The van der Waals surface area contributed by atoms with Crippen LogP contribution in [-0.2, 0) is 11.3 Å². The van der Waals surface area contributed by atoms with Crippen molar-refractivity contribution in [2.45, 2.75) is 13.5 Å². The zero-order valence-corrected chi connectivity index (χ0v) is 16.8. The number of hydrogen-bond acceptors (Lipinski definition) is 4. The third-order valence-electron chi connectivity index (χ3n) is 4.98. The van der Waals surface area contributed by atoms with E-state index in [1.807, 2.05) is 25.1 Å². The first kappa shape index (κ1) is 19.4. The largest absolute Gasteiger partial charge is 0.378 e. The summed E-state index contributed by atoms with van der Waals surface area (Å²) in [5, 5.41) is 0.440. The number of morpholine rings is 1. The highest BCUT2D eigenvalue weighted by molar-refractivity contribution is 6.33. The van der Waals surface area contributed by atoms with Gasteiger partial charge in [0, 0.05) is 37.0 Å². The first-order chi connectivity index (χ1) is 14.1. The van der Waals surface area contributed by atoms with E-state index in [-0.39, 0.29) is 11.5 Å². The van der Waals surface area contributed by atoms with E-state index in [0.717, 1.165) is 11.3 Å². The van der Waals surface area contributed by atoms with Crippen molar-refractivity contribution in [1.82, 2.24) is 18.9 Å². The predicted octanol–water partition coefficient (Wildman–Crippen LogP) is 2.86. The van der Waals surface area contributed by atoms with Crippen LogP contribution in [-0.4, -0.2) is 51.1 Å². The number of aromatic nitrogens is 3. The van der Waals surface area contributed by atoms with Gasteiger partial charge in [0.25, 0.3) is 11.5 Å². The van der Waals surface area contributed by atoms with Gasteiger partial charge in [-0.25, -0.2) is 4.98 Å². The number of carbonyl (C=O) groups is 1. The quantitative estimate of drug-likeness (QED) is 0.618. The van der Waals surface area contributed by atoms with Crippen molar-refractivity contribution in [1.29, 1.82) is 0 Å². The number of nitrogens with zero attached hydrogens (tertiary/aromatic N) is 4. The average molecular weight is 413 g/mol. The topological polar surface area (TPSA) is 68.8 Å². The predicted molar refractivity (Wildman–Crippen MR) is 111 cm³/mol. The van der Waals surface area contributed by atoms with Gasteiger partial charge >= 0.3 is 0 Å². The van der Waals surface area contributed by atoms with Crippen molar-refractivity contribution in [3.8, 4) is 11.3 Å². The van der Waals surface area contributed by atoms with Crippen LogP contribution < -0.4 is 5.56 Å². The number of amides is 1. The minimum Gasteiger partial charge on any atom is -0.378 e. The van der Waals surface area contributed by atoms with Gasteiger partial charge in [-0.15, -0.1) is 0 Å². The van der Waals surface area contributed by atoms with Gasteiger partial charge < -0.3 is 14.2 Å². The molecule has 150 valence electrons. The molecule has 1 aliphatic rings. The lowest BCUT2D eigenvalue weighted by atomic mass is 10.1. The van der Waals surface area contributed by atoms with E-state index in [0.29, 0.717) is 49.0 Å². The molecule has 0 saturated carbocycles. The molecule has 0 spiro atoms. The smallest absolute Gasteiger partial charge is 0.276 e. The molecule has 3 heterocycles. The van der Waals surface area contributed by atoms with E-state index in [9.17, 15) is 9.59 Å². The van der Waals surface area contributed by atoms with E-state index >= 15 is 0 Å². The number of ether oxygens (including phenoxy) is 1. The lowest BCUT2D eigenvalue weighted by Crippen LogP contribution is -2.40. The van der Waals surface area contributed by atoms with Crippen LogP contribution in [0, 0.1) is 0 Å². The summed E-state index contributed by atoms with van der Waals surface area (Å²) in [6, 6.07) is 5.26. The van der Waals surface area contributed by atoms with Crippen molar-refractivity contribution in [2.75, 3.05) is 26.3 Å². The van der Waals surface area contributed by atoms with Gasteiger partial charge in [-0.05, 0) is 19.1 Å². The van der Waals surface area contributed by atoms with Crippen LogP contribution in [0.25, 0.3) is 16.8 Å². The average Bonchev–Trinajstić information content (AvgIpc) is 3.24. The van der Waals surface area contributed by atoms with Crippen LogP contribution in [0.3, 0.4) is 0 Å². The van der Waals surface area contributed by atoms with Crippen LogP contribution >= 0.6 is 11.6 Å². The lowest BCUT2D eigenvalue weighted by molar-refractivity contribution is 0.0303. The van der Waals surface area contributed by atoms with Crippen LogP contribution in [0.15, 0.2) is 53.9 Å². The van der Waals surface area contributed by atoms with Crippen LogP contribution in [0.1, 0.15) is 17.3 Å². The first-order valence-electron chi connectivity index (χ1n) is 9.43. The third kappa shape index (κ3) is 3.71. The molecule has 1 amide bonds. The molecular weight excluding hydrogens is 392 g/mol. The van der Waals surface area contributed by atoms with Crippen molar-refractivity contribution in [2.24, 2.45) is 0 Å². The maximum absolute atomic E-state index is 12.7. The SMILES string of the molecule is C/C=C/Cn1cc(-c2ccc(C(=O)N3CCOCC3)cc2Cl)n2cncc2c1=O. The molecule has 1 saturated heterocycles. The Morgan fingerprint density at radius 1 is 1.31 bits per heavy atom. The minimum absolute atomic E-state index is 0.0624. The Bertz CT molecular complexity index is 1140. The van der Waals surface area contributed by atoms with E-state index in [4.69, 9.17) is 16.3 Å². The van der Waals surface area contributed by atoms with Gasteiger partial charge in [0.1, 0.15) is 5.52 Å². The molecule has 0 N–H and O–H groups in total. The molecular formula is C21H21ClN4O3. The zero-order chi connectivity index (χ0) is 20.4. The number of fused-ring (bicyclic) bond motifs is 1. The molecule has 1 fully saturated rings. The summed E-state index contributed by atoms with van der Waals surface area (Å²) in [5.74, 6) is -0.0624. The monoisotopic (exact) mass is 412 g/mol. The summed E-state index contributed by atoms with van der Waals surface area (Å²) in [6.07, 6.45) is 8.70. The van der Waals surface area contributed by atoms with E-state index < -0.39 is 0 Å². The Balaban J connectivity index is 1.76. The Morgan fingerprint density at radius 3 is 2.83 bits per heavy atom. The fourth-order valence-corrected chi connectivity index (χ4v) is 3.70. The van der Waals surface area contributed by atoms with E-state index in [2.05, 4.69) is 4.98 Å². The molecule has 0 bridgehead atoms. The highest BCUT2D eigenvalue weighted by atomic mass is 35.5. The molecule has 29 heavy (non-hydrogen) atoms. The second-order valence-electron chi connectivity index (χ2n) is 6.79. The maximum Gasteiger partial charge on any atom is 0.276 e. The van der Waals surface area contributed by atoms with Gasteiger partial charge in [-0.3, -0.25) is 14.0 Å². The van der Waals surface area contributed by atoms with Gasteiger partial charge in [-0.1, -0.05) is 29.8 Å². The second kappa shape index (κ2) is 8.23. The molecule has 4 rings (SSSR count). The van der Waals surface area contributed by atoms with Crippen molar-refractivity contribution < 1.29 is 9.53 Å². The molecule has 3 aromatic rings. The summed E-state index contributed by atoms with van der Waals surface area (Å²) in [5.41, 5.74) is 2.33. The molecule has 2 aromatic heterocycles. The number of halogens is 1. The van der Waals surface area contributed by atoms with Gasteiger partial charge in [-0.2, -0.15) is 0 Å². The molecule has 0 aliphatic carbocycles. The number of rotatable bonds is 4. The lowest BCUT2D eigenvalue weighted by Gasteiger charge is -2.27. The highest BCUT2D eigenvalue weighted by Gasteiger charge is 2.20. The van der Waals surface area contributed by atoms with Crippen molar-refractivity contribution in [3.05, 3.63) is 70.0 Å². The van der Waals surface area contributed by atoms with Crippen molar-refractivity contribution in [3.63, 3.8) is 0 Å². The summed E-state index contributed by atoms with van der Waals surface area (Å²) >= 11 is 6.58. The first-order valence-corrected chi connectivity index (χ1v) is 9.81. The normalized spacial score (nSPS) is 14.8. The van der Waals surface area contributed by atoms with Crippen LogP contribution in [0.5, 0.6) is 0 Å². The van der Waals surface area contributed by atoms with E-state index in [1.165, 1.54) is 0 Å². The van der Waals surface area contributed by atoms with Gasteiger partial charge in [0.2, 0.25) is 0 Å². The van der Waals surface area contributed by atoms with Crippen LogP contribution in [0.4, 0.5) is 0 Å². The Hall–Kier alpha value is -2.90. The molecule has 0 atom stereocenters. The van der Waals surface area contributed by atoms with Gasteiger partial charge in [0.05, 0.1) is 36.5 Å². The second-order valence-corrected chi connectivity index (χ2v) is 7.20. The standard InChI is InChI=1S/C21H21ClN4O3/c1-2-3-6-25-13-19(26-14-23-12-18(26)21(25)28)16-5-4-15(11-17(16)22)20(27)24-7-9-29-10-8-24/h2-5,11-14H,6-10H2,1H3/b3-2+. The molecule has 1 aromatic carbocycles. The number of allylic oxidation sites excluding steroid dienone is 2. The Labute approximate surface area is 172 Å². The third-order valence-corrected chi connectivity index (χ3v) is 5.30. The van der Waals surface area contributed by atoms with Gasteiger partial charge in [0.15, 0.2) is 0 Å². The molecule has 8 heteroatoms. The summed E-state index contributed by atoms with van der Waals surface area (Å²) in [7, 11) is 0. The summed E-state index contributed by atoms with van der Waals surface area (Å²) in [6.45, 7) is 4.60. The fourth-order valence-electron chi connectivity index (χ4n) is 3.42. The maximum atomic E-state index is 12.7. The van der Waals surface area contributed by atoms with Crippen molar-refractivity contribution >= 4 is 23.0 Å². The van der Waals surface area contributed by atoms with Crippen LogP contribution in [0.2, 0.25) is 5.02 Å². The minimum atomic E-state index is -0.125. The number of imidazole rings is 1. The number of benzene rings is 1. The highest BCUT2D eigenvalue weighted by Crippen LogP contribution is 2.29. The zero-order valence-electron chi connectivity index (χ0n) is 16.0. The summed E-state index contributed by atoms with van der Waals surface area (Å²) < 4.78 is 8.65. The number of hydrogen-bond donors (Lipinski definition) is 0. The fraction of sp³-hybridized carbons (Fsp3) is 0.286. The molecule has 7 nitrogen and oxygen atoms in total. The summed E-state index contributed by atoms with van der Waals surface area (Å²) in [4.78, 5) is 31.3. The molecule has 0 unspecified atom stereocenters. The molecule has 1 aliphatic heterocycles.